The van der Waals surface area contributed by atoms with E-state index in [1.54, 1.807) is 0 Å². The molecule has 0 saturated carbocycles. The van der Waals surface area contributed by atoms with E-state index < -0.39 is 5.79 Å². The minimum atomic E-state index is -0.537. The van der Waals surface area contributed by atoms with Crippen molar-refractivity contribution in [3.8, 4) is 0 Å². The van der Waals surface area contributed by atoms with Gasteiger partial charge < -0.3 is 14.2 Å². The molecule has 1 fully saturated rings. The lowest BCUT2D eigenvalue weighted by Crippen LogP contribution is -2.24. The fourth-order valence-corrected chi connectivity index (χ4v) is 1.06. The van der Waals surface area contributed by atoms with Crippen LogP contribution in [0.4, 0.5) is 0 Å². The summed E-state index contributed by atoms with van der Waals surface area (Å²) in [6.45, 7) is 5.81. The van der Waals surface area contributed by atoms with Gasteiger partial charge in [0.05, 0.1) is 6.61 Å². The van der Waals surface area contributed by atoms with Crippen LogP contribution in [0.25, 0.3) is 0 Å². The molecule has 1 saturated heterocycles. The van der Waals surface area contributed by atoms with Gasteiger partial charge in [-0.2, -0.15) is 0 Å². The van der Waals surface area contributed by atoms with Crippen molar-refractivity contribution in [1.29, 1.82) is 0 Å². The number of hydrogen-bond donors (Lipinski definition) is 0. The molecule has 0 aliphatic carbocycles. The lowest BCUT2D eigenvalue weighted by molar-refractivity contribution is -0.156. The van der Waals surface area contributed by atoms with Crippen LogP contribution < -0.4 is 0 Å². The van der Waals surface area contributed by atoms with Gasteiger partial charge in [0.2, 0.25) is 0 Å². The molecule has 0 radical (unpaired) electrons. The zero-order valence-corrected chi connectivity index (χ0v) is 7.62. The summed E-state index contributed by atoms with van der Waals surface area (Å²) in [6, 6.07) is 0. The predicted molar refractivity (Wildman–Crippen MR) is 41.5 cm³/mol. The minimum absolute atomic E-state index is 0.121. The lowest BCUT2D eigenvalue weighted by atomic mass is 10.4. The Morgan fingerprint density at radius 1 is 1.67 bits per heavy atom. The third-order valence-corrected chi connectivity index (χ3v) is 1.54. The second-order valence-electron chi connectivity index (χ2n) is 3.25. The Bertz CT molecular complexity index is 176. The van der Waals surface area contributed by atoms with E-state index >= 15 is 0 Å². The average molecular weight is 174 g/mol. The first-order chi connectivity index (χ1) is 5.49. The third kappa shape index (κ3) is 2.79. The maximum atomic E-state index is 10.4. The first kappa shape index (κ1) is 9.48. The summed E-state index contributed by atoms with van der Waals surface area (Å²) in [4.78, 5) is 10.4. The Balaban J connectivity index is 2.24. The van der Waals surface area contributed by atoms with Crippen molar-refractivity contribution >= 4 is 5.97 Å². The summed E-state index contributed by atoms with van der Waals surface area (Å²) >= 11 is 0. The highest BCUT2D eigenvalue weighted by Gasteiger charge is 2.32. The molecule has 1 atom stereocenters. The molecule has 0 unspecified atom stereocenters. The molecule has 1 aliphatic rings. The molecular weight excluding hydrogens is 160 g/mol. The number of rotatable bonds is 2. The van der Waals surface area contributed by atoms with E-state index in [0.717, 1.165) is 0 Å². The smallest absolute Gasteiger partial charge is 0.302 e. The zero-order chi connectivity index (χ0) is 9.19. The standard InChI is InChI=1S/C8H14O4/c1-6(9)10-4-7-5-11-8(2,3)12-7/h7H,4-5H2,1-3H3/t7-/m0/s1. The number of ether oxygens (including phenoxy) is 3. The van der Waals surface area contributed by atoms with E-state index in [-0.39, 0.29) is 18.7 Å². The minimum Gasteiger partial charge on any atom is -0.463 e. The highest BCUT2D eigenvalue weighted by Crippen LogP contribution is 2.22. The van der Waals surface area contributed by atoms with Gasteiger partial charge in [-0.25, -0.2) is 0 Å². The van der Waals surface area contributed by atoms with Crippen molar-refractivity contribution in [2.45, 2.75) is 32.7 Å². The van der Waals surface area contributed by atoms with Gasteiger partial charge in [-0.15, -0.1) is 0 Å². The Labute approximate surface area is 71.8 Å². The molecule has 0 spiro atoms. The number of carbonyl (C=O) groups excluding carboxylic acids is 1. The third-order valence-electron chi connectivity index (χ3n) is 1.54. The van der Waals surface area contributed by atoms with E-state index in [2.05, 4.69) is 0 Å². The molecule has 0 N–H and O–H groups in total. The van der Waals surface area contributed by atoms with Gasteiger partial charge in [0.1, 0.15) is 12.7 Å². The van der Waals surface area contributed by atoms with E-state index in [9.17, 15) is 4.79 Å². The number of carbonyl (C=O) groups is 1. The van der Waals surface area contributed by atoms with E-state index in [4.69, 9.17) is 14.2 Å². The quantitative estimate of drug-likeness (QED) is 0.578. The van der Waals surface area contributed by atoms with Gasteiger partial charge >= 0.3 is 5.97 Å². The van der Waals surface area contributed by atoms with Crippen LogP contribution in [-0.2, 0) is 19.0 Å². The van der Waals surface area contributed by atoms with Gasteiger partial charge in [0.15, 0.2) is 5.79 Å². The molecule has 4 nitrogen and oxygen atoms in total. The van der Waals surface area contributed by atoms with Crippen molar-refractivity contribution in [1.82, 2.24) is 0 Å². The largest absolute Gasteiger partial charge is 0.463 e. The highest BCUT2D eigenvalue weighted by molar-refractivity contribution is 5.65. The van der Waals surface area contributed by atoms with Gasteiger partial charge in [0, 0.05) is 6.92 Å². The van der Waals surface area contributed by atoms with E-state index in [1.165, 1.54) is 6.92 Å². The first-order valence-corrected chi connectivity index (χ1v) is 3.95. The zero-order valence-electron chi connectivity index (χ0n) is 7.62. The molecule has 0 amide bonds. The van der Waals surface area contributed by atoms with Crippen LogP contribution >= 0.6 is 0 Å². The van der Waals surface area contributed by atoms with Crippen molar-refractivity contribution in [2.75, 3.05) is 13.2 Å². The van der Waals surface area contributed by atoms with Crippen LogP contribution in [0, 0.1) is 0 Å². The van der Waals surface area contributed by atoms with Gasteiger partial charge in [0.25, 0.3) is 0 Å². The van der Waals surface area contributed by atoms with Crippen LogP contribution in [0.15, 0.2) is 0 Å². The summed E-state index contributed by atoms with van der Waals surface area (Å²) in [5, 5.41) is 0. The molecule has 0 aromatic carbocycles. The van der Waals surface area contributed by atoms with Crippen LogP contribution in [0.1, 0.15) is 20.8 Å². The molecule has 0 bridgehead atoms. The van der Waals surface area contributed by atoms with Gasteiger partial charge in [-0.3, -0.25) is 4.79 Å². The molecular formula is C8H14O4. The van der Waals surface area contributed by atoms with Crippen LogP contribution in [0.3, 0.4) is 0 Å². The molecule has 12 heavy (non-hydrogen) atoms. The van der Waals surface area contributed by atoms with Crippen molar-refractivity contribution in [2.24, 2.45) is 0 Å². The monoisotopic (exact) mass is 174 g/mol. The van der Waals surface area contributed by atoms with Crippen molar-refractivity contribution < 1.29 is 19.0 Å². The second kappa shape index (κ2) is 3.41. The summed E-state index contributed by atoms with van der Waals surface area (Å²) in [5.74, 6) is -0.825. The topological polar surface area (TPSA) is 44.8 Å². The van der Waals surface area contributed by atoms with E-state index in [1.807, 2.05) is 13.8 Å². The highest BCUT2D eigenvalue weighted by atomic mass is 16.7. The maximum Gasteiger partial charge on any atom is 0.302 e. The van der Waals surface area contributed by atoms with Crippen LogP contribution in [-0.4, -0.2) is 31.1 Å². The van der Waals surface area contributed by atoms with Gasteiger partial charge in [-0.1, -0.05) is 0 Å². The Kier molecular flexibility index (Phi) is 2.69. The van der Waals surface area contributed by atoms with Crippen molar-refractivity contribution in [3.05, 3.63) is 0 Å². The predicted octanol–water partition coefficient (Wildman–Crippen LogP) is 0.701. The fourth-order valence-electron chi connectivity index (χ4n) is 1.06. The van der Waals surface area contributed by atoms with Crippen LogP contribution in [0.5, 0.6) is 0 Å². The fraction of sp³-hybridized carbons (Fsp3) is 0.875. The maximum absolute atomic E-state index is 10.4. The molecule has 1 heterocycles. The number of esters is 1. The number of hydrogen-bond acceptors (Lipinski definition) is 4. The Morgan fingerprint density at radius 2 is 2.33 bits per heavy atom. The lowest BCUT2D eigenvalue weighted by Gasteiger charge is -2.16. The molecule has 1 rings (SSSR count). The van der Waals surface area contributed by atoms with E-state index in [0.29, 0.717) is 6.61 Å². The van der Waals surface area contributed by atoms with Crippen molar-refractivity contribution in [3.63, 3.8) is 0 Å². The Hall–Kier alpha value is -0.610. The average Bonchev–Trinajstić information content (AvgIpc) is 2.26. The van der Waals surface area contributed by atoms with Gasteiger partial charge in [-0.05, 0) is 13.8 Å². The SMILES string of the molecule is CC(=O)OC[C@H]1COC(C)(C)O1. The normalized spacial score (nSPS) is 27.1. The molecule has 0 aromatic rings. The summed E-state index contributed by atoms with van der Waals surface area (Å²) in [6.07, 6.45) is -0.121. The van der Waals surface area contributed by atoms with Crippen LogP contribution in [0.2, 0.25) is 0 Å². The summed E-state index contributed by atoms with van der Waals surface area (Å²) in [7, 11) is 0. The molecule has 70 valence electrons. The summed E-state index contributed by atoms with van der Waals surface area (Å²) in [5.41, 5.74) is 0. The molecule has 0 aromatic heterocycles. The Morgan fingerprint density at radius 3 is 2.75 bits per heavy atom. The first-order valence-electron chi connectivity index (χ1n) is 3.95. The second-order valence-corrected chi connectivity index (χ2v) is 3.25. The molecule has 1 aliphatic heterocycles. The molecule has 4 heteroatoms. The summed E-state index contributed by atoms with van der Waals surface area (Å²) < 4.78 is 15.4.